The van der Waals surface area contributed by atoms with Gasteiger partial charge in [0.15, 0.2) is 8.46 Å². The predicted octanol–water partition coefficient (Wildman–Crippen LogP) is 3.52. The maximum absolute atomic E-state index is 8.90. The summed E-state index contributed by atoms with van der Waals surface area (Å²) in [4.78, 5) is 0. The Labute approximate surface area is 76.0 Å². The van der Waals surface area contributed by atoms with Gasteiger partial charge in [0.05, 0.1) is 0 Å². The molecule has 1 rings (SSSR count). The lowest BCUT2D eigenvalue weighted by atomic mass is 10.1. The van der Waals surface area contributed by atoms with E-state index in [4.69, 9.17) is 4.57 Å². The minimum Gasteiger partial charge on any atom is -0.275 e. The first-order chi connectivity index (χ1) is 5.60. The molecule has 0 aliphatic heterocycles. The first-order valence-electron chi connectivity index (χ1n) is 3.86. The fourth-order valence-electron chi connectivity index (χ4n) is 1.20. The third-order valence-corrected chi connectivity index (χ3v) is 1.37. The topological polar surface area (TPSA) is 17.1 Å². The average molecular weight is 182 g/mol. The van der Waals surface area contributed by atoms with Crippen LogP contribution >= 0.6 is 8.46 Å². The summed E-state index contributed by atoms with van der Waals surface area (Å²) in [7, 11) is 0.167. The van der Waals surface area contributed by atoms with Crippen LogP contribution in [0, 0.1) is 20.8 Å². The Balaban J connectivity index is 0.000000354. The standard InChI is InChI=1S/C9H12.CH3OP/c1-7-4-8(2)6-9(3)5-7;1-3-2/h4-6H,1-3H3;1H3. The summed E-state index contributed by atoms with van der Waals surface area (Å²) in [5, 5.41) is 0. The van der Waals surface area contributed by atoms with Crippen molar-refractivity contribution < 1.29 is 4.57 Å². The van der Waals surface area contributed by atoms with Gasteiger partial charge < -0.3 is 0 Å². The van der Waals surface area contributed by atoms with Crippen LogP contribution in [0.15, 0.2) is 18.2 Å². The molecule has 0 saturated carbocycles. The van der Waals surface area contributed by atoms with Gasteiger partial charge in [-0.15, -0.1) is 0 Å². The molecule has 0 N–H and O–H groups in total. The Morgan fingerprint density at radius 3 is 1.25 bits per heavy atom. The summed E-state index contributed by atoms with van der Waals surface area (Å²) >= 11 is 0. The maximum Gasteiger partial charge on any atom is 0.151 e. The molecule has 1 aromatic carbocycles. The third-order valence-electron chi connectivity index (χ3n) is 1.37. The van der Waals surface area contributed by atoms with Crippen LogP contribution in [-0.4, -0.2) is 6.66 Å². The highest BCUT2D eigenvalue weighted by Crippen LogP contribution is 2.06. The minimum absolute atomic E-state index is 0.167. The van der Waals surface area contributed by atoms with E-state index in [0.717, 1.165) is 0 Å². The fraction of sp³-hybridized carbons (Fsp3) is 0.400. The van der Waals surface area contributed by atoms with Gasteiger partial charge in [-0.25, -0.2) is 0 Å². The molecule has 0 spiro atoms. The largest absolute Gasteiger partial charge is 0.275 e. The second-order valence-electron chi connectivity index (χ2n) is 2.85. The molecule has 12 heavy (non-hydrogen) atoms. The summed E-state index contributed by atoms with van der Waals surface area (Å²) in [5.41, 5.74) is 4.06. The van der Waals surface area contributed by atoms with Crippen LogP contribution in [0.2, 0.25) is 0 Å². The van der Waals surface area contributed by atoms with Crippen molar-refractivity contribution in [3.8, 4) is 0 Å². The van der Waals surface area contributed by atoms with Crippen molar-refractivity contribution in [3.05, 3.63) is 34.9 Å². The lowest BCUT2D eigenvalue weighted by molar-refractivity contribution is 0.601. The van der Waals surface area contributed by atoms with E-state index in [1.165, 1.54) is 16.7 Å². The van der Waals surface area contributed by atoms with Crippen LogP contribution in [0.3, 0.4) is 0 Å². The van der Waals surface area contributed by atoms with Gasteiger partial charge in [-0.2, -0.15) is 0 Å². The number of hydrogen-bond acceptors (Lipinski definition) is 1. The van der Waals surface area contributed by atoms with Crippen LogP contribution in [0.4, 0.5) is 0 Å². The van der Waals surface area contributed by atoms with Crippen LogP contribution in [0.1, 0.15) is 16.7 Å². The van der Waals surface area contributed by atoms with Gasteiger partial charge in [0.1, 0.15) is 0 Å². The van der Waals surface area contributed by atoms with E-state index in [0.29, 0.717) is 0 Å². The predicted molar refractivity (Wildman–Crippen MR) is 54.2 cm³/mol. The molecule has 0 radical (unpaired) electrons. The second-order valence-corrected chi connectivity index (χ2v) is 3.21. The van der Waals surface area contributed by atoms with E-state index in [9.17, 15) is 0 Å². The van der Waals surface area contributed by atoms with Gasteiger partial charge >= 0.3 is 0 Å². The van der Waals surface area contributed by atoms with Gasteiger partial charge in [0, 0.05) is 6.66 Å². The lowest BCUT2D eigenvalue weighted by Crippen LogP contribution is -1.78. The SMILES string of the molecule is CP=O.Cc1cc(C)cc(C)c1. The monoisotopic (exact) mass is 182 g/mol. The van der Waals surface area contributed by atoms with Gasteiger partial charge in [-0.05, 0) is 20.8 Å². The van der Waals surface area contributed by atoms with E-state index in [-0.39, 0.29) is 8.46 Å². The molecule has 0 fully saturated rings. The van der Waals surface area contributed by atoms with E-state index >= 15 is 0 Å². The molecule has 0 heterocycles. The van der Waals surface area contributed by atoms with Gasteiger partial charge in [0.25, 0.3) is 0 Å². The highest BCUT2D eigenvalue weighted by molar-refractivity contribution is 7.22. The molecular formula is C10H15OP. The maximum atomic E-state index is 8.90. The lowest BCUT2D eigenvalue weighted by Gasteiger charge is -1.96. The van der Waals surface area contributed by atoms with Crippen molar-refractivity contribution in [2.75, 3.05) is 6.66 Å². The number of benzene rings is 1. The molecule has 0 bridgehead atoms. The van der Waals surface area contributed by atoms with E-state index in [1.54, 1.807) is 6.66 Å². The van der Waals surface area contributed by atoms with E-state index < -0.39 is 0 Å². The molecule has 0 atom stereocenters. The Morgan fingerprint density at radius 2 is 1.08 bits per heavy atom. The van der Waals surface area contributed by atoms with Crippen molar-refractivity contribution in [1.29, 1.82) is 0 Å². The van der Waals surface area contributed by atoms with Gasteiger partial charge in [-0.1, -0.05) is 34.9 Å². The minimum atomic E-state index is 0.167. The Hall–Kier alpha value is -0.680. The van der Waals surface area contributed by atoms with E-state index in [1.807, 2.05) is 0 Å². The zero-order chi connectivity index (χ0) is 9.56. The molecule has 0 aliphatic rings. The van der Waals surface area contributed by atoms with Crippen LogP contribution < -0.4 is 0 Å². The number of rotatable bonds is 0. The average Bonchev–Trinajstić information content (AvgIpc) is 1.84. The summed E-state index contributed by atoms with van der Waals surface area (Å²) in [6, 6.07) is 6.56. The normalized spacial score (nSPS) is 9.00. The molecule has 2 heteroatoms. The molecular weight excluding hydrogens is 167 g/mol. The quantitative estimate of drug-likeness (QED) is 0.561. The Bertz CT molecular complexity index is 206. The van der Waals surface area contributed by atoms with Crippen molar-refractivity contribution >= 4 is 8.46 Å². The number of hydrogen-bond donors (Lipinski definition) is 0. The smallest absolute Gasteiger partial charge is 0.151 e. The molecule has 0 aromatic heterocycles. The van der Waals surface area contributed by atoms with Crippen LogP contribution in [0.5, 0.6) is 0 Å². The summed E-state index contributed by atoms with van der Waals surface area (Å²) < 4.78 is 8.90. The van der Waals surface area contributed by atoms with Crippen molar-refractivity contribution in [1.82, 2.24) is 0 Å². The molecule has 66 valence electrons. The molecule has 0 unspecified atom stereocenters. The Kier molecular flexibility index (Phi) is 5.57. The molecule has 0 saturated heterocycles. The molecule has 0 amide bonds. The molecule has 1 aromatic rings. The second kappa shape index (κ2) is 5.91. The van der Waals surface area contributed by atoms with Crippen molar-refractivity contribution in [3.63, 3.8) is 0 Å². The fourth-order valence-corrected chi connectivity index (χ4v) is 1.20. The zero-order valence-corrected chi connectivity index (χ0v) is 8.98. The first-order valence-corrected chi connectivity index (χ1v) is 5.12. The third kappa shape index (κ3) is 5.03. The van der Waals surface area contributed by atoms with Crippen LogP contribution in [0.25, 0.3) is 0 Å². The molecule has 0 aliphatic carbocycles. The van der Waals surface area contributed by atoms with Crippen molar-refractivity contribution in [2.24, 2.45) is 0 Å². The summed E-state index contributed by atoms with van der Waals surface area (Å²) in [6.07, 6.45) is 0. The van der Waals surface area contributed by atoms with Crippen molar-refractivity contribution in [2.45, 2.75) is 20.8 Å². The summed E-state index contributed by atoms with van der Waals surface area (Å²) in [6.45, 7) is 7.92. The number of aryl methyl sites for hydroxylation is 3. The highest BCUT2D eigenvalue weighted by atomic mass is 31.1. The summed E-state index contributed by atoms with van der Waals surface area (Å²) in [5.74, 6) is 0. The molecule has 1 nitrogen and oxygen atoms in total. The van der Waals surface area contributed by atoms with Gasteiger partial charge in [0.2, 0.25) is 0 Å². The van der Waals surface area contributed by atoms with Gasteiger partial charge in [-0.3, -0.25) is 4.57 Å². The van der Waals surface area contributed by atoms with E-state index in [2.05, 4.69) is 39.0 Å². The van der Waals surface area contributed by atoms with Crippen LogP contribution in [-0.2, 0) is 4.57 Å². The highest BCUT2D eigenvalue weighted by Gasteiger charge is 1.87. The zero-order valence-electron chi connectivity index (χ0n) is 8.09. The first kappa shape index (κ1) is 11.3. The Morgan fingerprint density at radius 1 is 0.917 bits per heavy atom.